The van der Waals surface area contributed by atoms with Gasteiger partial charge in [0, 0.05) is 24.1 Å². The SMILES string of the molecule is O=C(O)C1=CC(OP(=O)(O)O)C(O)C(Oc2ccc([N+](=O)[O-])cc2)C1. The van der Waals surface area contributed by atoms with Gasteiger partial charge in [-0.1, -0.05) is 0 Å². The summed E-state index contributed by atoms with van der Waals surface area (Å²) in [4.78, 5) is 38.9. The van der Waals surface area contributed by atoms with E-state index >= 15 is 0 Å². The third kappa shape index (κ3) is 5.08. The quantitative estimate of drug-likeness (QED) is 0.313. The molecular formula is C13H14NO10P. The first-order chi connectivity index (χ1) is 11.6. The minimum atomic E-state index is -4.98. The van der Waals surface area contributed by atoms with Crippen LogP contribution in [0.5, 0.6) is 5.75 Å². The molecule has 4 N–H and O–H groups in total. The number of phosphoric ester groups is 1. The van der Waals surface area contributed by atoms with E-state index in [4.69, 9.17) is 19.6 Å². The van der Waals surface area contributed by atoms with Crippen LogP contribution in [0.3, 0.4) is 0 Å². The van der Waals surface area contributed by atoms with Crippen LogP contribution in [-0.4, -0.2) is 49.2 Å². The van der Waals surface area contributed by atoms with Gasteiger partial charge in [-0.15, -0.1) is 0 Å². The number of phosphoric acid groups is 1. The van der Waals surface area contributed by atoms with Crippen molar-refractivity contribution in [3.63, 3.8) is 0 Å². The molecule has 0 saturated carbocycles. The third-order valence-electron chi connectivity index (χ3n) is 3.37. The van der Waals surface area contributed by atoms with Crippen LogP contribution >= 0.6 is 7.82 Å². The lowest BCUT2D eigenvalue weighted by atomic mass is 9.92. The van der Waals surface area contributed by atoms with Crippen molar-refractivity contribution in [3.8, 4) is 5.75 Å². The molecule has 0 bridgehead atoms. The number of carbonyl (C=O) groups is 1. The van der Waals surface area contributed by atoms with E-state index in [2.05, 4.69) is 4.52 Å². The third-order valence-corrected chi connectivity index (χ3v) is 3.89. The molecule has 1 aliphatic carbocycles. The zero-order chi connectivity index (χ0) is 18.8. The molecule has 0 radical (unpaired) electrons. The van der Waals surface area contributed by atoms with Gasteiger partial charge in [-0.2, -0.15) is 0 Å². The smallest absolute Gasteiger partial charge is 0.470 e. The first-order valence-electron chi connectivity index (χ1n) is 6.84. The van der Waals surface area contributed by atoms with Gasteiger partial charge >= 0.3 is 13.8 Å². The fourth-order valence-corrected chi connectivity index (χ4v) is 2.76. The molecule has 0 heterocycles. The Hall–Kier alpha value is -2.30. The number of nitro benzene ring substituents is 1. The number of aliphatic hydroxyl groups excluding tert-OH is 1. The predicted molar refractivity (Wildman–Crippen MR) is 80.8 cm³/mol. The van der Waals surface area contributed by atoms with Crippen molar-refractivity contribution in [2.45, 2.75) is 24.7 Å². The highest BCUT2D eigenvalue weighted by Gasteiger charge is 2.39. The normalized spacial score (nSPS) is 23.6. The van der Waals surface area contributed by atoms with Gasteiger partial charge in [0.2, 0.25) is 0 Å². The number of rotatable bonds is 6. The monoisotopic (exact) mass is 375 g/mol. The second kappa shape index (κ2) is 7.30. The van der Waals surface area contributed by atoms with Crippen molar-refractivity contribution in [2.24, 2.45) is 0 Å². The van der Waals surface area contributed by atoms with Gasteiger partial charge in [0.25, 0.3) is 5.69 Å². The minimum absolute atomic E-state index is 0.108. The Bertz CT molecular complexity index is 740. The average Bonchev–Trinajstić information content (AvgIpc) is 2.50. The Balaban J connectivity index is 2.21. The Morgan fingerprint density at radius 3 is 2.36 bits per heavy atom. The lowest BCUT2D eigenvalue weighted by molar-refractivity contribution is -0.384. The van der Waals surface area contributed by atoms with E-state index in [1.807, 2.05) is 0 Å². The number of nitrogens with zero attached hydrogens (tertiary/aromatic N) is 1. The Morgan fingerprint density at radius 1 is 1.28 bits per heavy atom. The average molecular weight is 375 g/mol. The van der Waals surface area contributed by atoms with E-state index in [-0.39, 0.29) is 23.4 Å². The maximum Gasteiger partial charge on any atom is 0.470 e. The lowest BCUT2D eigenvalue weighted by Gasteiger charge is -2.32. The Morgan fingerprint density at radius 2 is 1.88 bits per heavy atom. The fraction of sp³-hybridized carbons (Fsp3) is 0.308. The second-order valence-corrected chi connectivity index (χ2v) is 6.35. The molecule has 136 valence electrons. The van der Waals surface area contributed by atoms with E-state index in [1.165, 1.54) is 12.1 Å². The van der Waals surface area contributed by atoms with E-state index in [0.29, 0.717) is 0 Å². The highest BCUT2D eigenvalue weighted by atomic mass is 31.2. The van der Waals surface area contributed by atoms with E-state index < -0.39 is 37.0 Å². The number of carboxylic acids is 1. The number of hydrogen-bond acceptors (Lipinski definition) is 7. The number of hydrogen-bond donors (Lipinski definition) is 4. The van der Waals surface area contributed by atoms with Crippen molar-refractivity contribution in [1.29, 1.82) is 0 Å². The molecule has 0 fully saturated rings. The lowest BCUT2D eigenvalue weighted by Crippen LogP contribution is -2.45. The van der Waals surface area contributed by atoms with Crippen LogP contribution in [0.25, 0.3) is 0 Å². The molecular weight excluding hydrogens is 361 g/mol. The number of benzene rings is 1. The van der Waals surface area contributed by atoms with Gasteiger partial charge < -0.3 is 24.7 Å². The molecule has 0 aliphatic heterocycles. The van der Waals surface area contributed by atoms with E-state index in [0.717, 1.165) is 18.2 Å². The number of aliphatic hydroxyl groups is 1. The number of ether oxygens (including phenoxy) is 1. The van der Waals surface area contributed by atoms with Crippen molar-refractivity contribution >= 4 is 19.5 Å². The summed E-state index contributed by atoms with van der Waals surface area (Å²) in [5.74, 6) is -1.25. The molecule has 1 aromatic rings. The van der Waals surface area contributed by atoms with Crippen LogP contribution in [0.15, 0.2) is 35.9 Å². The maximum atomic E-state index is 11.2. The summed E-state index contributed by atoms with van der Waals surface area (Å²) in [5.41, 5.74) is -0.443. The zero-order valence-electron chi connectivity index (χ0n) is 12.5. The summed E-state index contributed by atoms with van der Waals surface area (Å²) in [6.45, 7) is 0. The molecule has 3 unspecified atom stereocenters. The van der Waals surface area contributed by atoms with Gasteiger partial charge in [-0.25, -0.2) is 9.36 Å². The molecule has 0 spiro atoms. The molecule has 3 atom stereocenters. The van der Waals surface area contributed by atoms with Crippen LogP contribution in [0, 0.1) is 10.1 Å². The molecule has 25 heavy (non-hydrogen) atoms. The predicted octanol–water partition coefficient (Wildman–Crippen LogP) is 0.596. The number of aliphatic carboxylic acids is 1. The fourth-order valence-electron chi connectivity index (χ4n) is 2.26. The molecule has 2 rings (SSSR count). The first-order valence-corrected chi connectivity index (χ1v) is 8.37. The molecule has 0 amide bonds. The summed E-state index contributed by atoms with van der Waals surface area (Å²) >= 11 is 0. The van der Waals surface area contributed by atoms with Gasteiger partial charge in [0.1, 0.15) is 24.1 Å². The summed E-state index contributed by atoms with van der Waals surface area (Å²) in [7, 11) is -4.98. The van der Waals surface area contributed by atoms with Crippen LogP contribution in [0.4, 0.5) is 5.69 Å². The number of non-ortho nitro benzene ring substituents is 1. The molecule has 12 heteroatoms. The number of carboxylic acid groups (broad SMARTS) is 1. The first kappa shape index (κ1) is 19.0. The van der Waals surface area contributed by atoms with Crippen molar-refractivity contribution in [2.75, 3.05) is 0 Å². The van der Waals surface area contributed by atoms with Crippen LogP contribution < -0.4 is 4.74 Å². The standard InChI is InChI=1S/C13H14NO10P/c15-12-10(23-9-3-1-8(2-4-9)14(18)19)5-7(13(16)17)6-11(12)24-25(20,21)22/h1-4,6,10-12,15H,5H2,(H,16,17)(H2,20,21,22). The molecule has 1 aliphatic rings. The van der Waals surface area contributed by atoms with Gasteiger partial charge in [-0.3, -0.25) is 14.6 Å². The highest BCUT2D eigenvalue weighted by Crippen LogP contribution is 2.41. The van der Waals surface area contributed by atoms with E-state index in [9.17, 15) is 24.6 Å². The Kier molecular flexibility index (Phi) is 5.55. The van der Waals surface area contributed by atoms with Gasteiger partial charge in [0.15, 0.2) is 0 Å². The summed E-state index contributed by atoms with van der Waals surface area (Å²) < 4.78 is 20.8. The van der Waals surface area contributed by atoms with Crippen LogP contribution in [0.1, 0.15) is 6.42 Å². The van der Waals surface area contributed by atoms with Crippen molar-refractivity contribution in [3.05, 3.63) is 46.0 Å². The number of nitro groups is 1. The molecule has 0 aromatic heterocycles. The zero-order valence-corrected chi connectivity index (χ0v) is 13.4. The molecule has 11 nitrogen and oxygen atoms in total. The van der Waals surface area contributed by atoms with Gasteiger partial charge in [-0.05, 0) is 18.2 Å². The molecule has 0 saturated heterocycles. The largest absolute Gasteiger partial charge is 0.487 e. The van der Waals surface area contributed by atoms with Crippen LogP contribution in [0.2, 0.25) is 0 Å². The maximum absolute atomic E-state index is 11.2. The van der Waals surface area contributed by atoms with Crippen molar-refractivity contribution in [1.82, 2.24) is 0 Å². The topological polar surface area (TPSA) is 177 Å². The van der Waals surface area contributed by atoms with Crippen LogP contribution in [-0.2, 0) is 13.9 Å². The summed E-state index contributed by atoms with van der Waals surface area (Å²) in [6, 6.07) is 4.81. The second-order valence-electron chi connectivity index (χ2n) is 5.16. The van der Waals surface area contributed by atoms with Gasteiger partial charge in [0.05, 0.1) is 4.92 Å². The summed E-state index contributed by atoms with van der Waals surface area (Å²) in [6.07, 6.45) is -3.69. The van der Waals surface area contributed by atoms with Crippen molar-refractivity contribution < 1.29 is 43.5 Å². The highest BCUT2D eigenvalue weighted by molar-refractivity contribution is 7.46. The Labute approximate surface area is 140 Å². The van der Waals surface area contributed by atoms with E-state index in [1.54, 1.807) is 0 Å². The molecule has 1 aromatic carbocycles. The minimum Gasteiger partial charge on any atom is -0.487 e. The summed E-state index contributed by atoms with van der Waals surface area (Å²) in [5, 5.41) is 29.9.